The fourth-order valence-electron chi connectivity index (χ4n) is 3.17. The van der Waals surface area contributed by atoms with E-state index in [1.54, 1.807) is 35.7 Å². The number of anilines is 1. The molecule has 1 fully saturated rings. The molecule has 1 saturated heterocycles. The van der Waals surface area contributed by atoms with E-state index in [2.05, 4.69) is 10.3 Å². The predicted molar refractivity (Wildman–Crippen MR) is 113 cm³/mol. The Balaban J connectivity index is 1.39. The number of nitrogens with one attached hydrogen (secondary N) is 1. The highest BCUT2D eigenvalue weighted by atomic mass is 32.1. The molecule has 4 rings (SSSR count). The van der Waals surface area contributed by atoms with Crippen molar-refractivity contribution in [2.45, 2.75) is 18.9 Å². The monoisotopic (exact) mass is 428 g/mol. The van der Waals surface area contributed by atoms with Crippen LogP contribution in [0.2, 0.25) is 0 Å². The lowest BCUT2D eigenvalue weighted by Gasteiger charge is -2.11. The van der Waals surface area contributed by atoms with Crippen molar-refractivity contribution in [2.24, 2.45) is 0 Å². The topological polar surface area (TPSA) is 69.7 Å². The maximum atomic E-state index is 13.6. The number of carbonyl (C=O) groups excluding carboxylic acids is 1. The van der Waals surface area contributed by atoms with Gasteiger partial charge >= 0.3 is 0 Å². The van der Waals surface area contributed by atoms with Crippen molar-refractivity contribution in [3.8, 4) is 22.8 Å². The summed E-state index contributed by atoms with van der Waals surface area (Å²) in [6, 6.07) is 11.1. The van der Waals surface area contributed by atoms with E-state index in [9.17, 15) is 9.18 Å². The van der Waals surface area contributed by atoms with Gasteiger partial charge in [-0.1, -0.05) is 0 Å². The molecule has 0 spiro atoms. The van der Waals surface area contributed by atoms with Crippen molar-refractivity contribution in [3.63, 3.8) is 0 Å². The van der Waals surface area contributed by atoms with Crippen LogP contribution in [-0.2, 0) is 4.74 Å². The van der Waals surface area contributed by atoms with E-state index in [4.69, 9.17) is 14.2 Å². The average Bonchev–Trinajstić information content (AvgIpc) is 3.45. The van der Waals surface area contributed by atoms with E-state index in [1.165, 1.54) is 30.6 Å². The summed E-state index contributed by atoms with van der Waals surface area (Å²) in [6.07, 6.45) is 2.22. The Labute approximate surface area is 177 Å². The van der Waals surface area contributed by atoms with Gasteiger partial charge in [0.15, 0.2) is 5.13 Å². The number of nitrogens with zero attached hydrogens (tertiary/aromatic N) is 1. The molecule has 0 aliphatic carbocycles. The highest BCUT2D eigenvalue weighted by Gasteiger charge is 2.16. The number of methoxy groups -OCH3 is 1. The number of thiazole rings is 1. The largest absolute Gasteiger partial charge is 0.496 e. The fourth-order valence-corrected chi connectivity index (χ4v) is 3.88. The van der Waals surface area contributed by atoms with Crippen molar-refractivity contribution < 1.29 is 23.4 Å². The smallest absolute Gasteiger partial charge is 0.257 e. The molecule has 156 valence electrons. The number of rotatable bonds is 7. The van der Waals surface area contributed by atoms with Gasteiger partial charge in [0.05, 0.1) is 18.9 Å². The molecule has 1 amide bonds. The molecule has 1 aromatic heterocycles. The zero-order chi connectivity index (χ0) is 20.9. The molecule has 8 heteroatoms. The lowest BCUT2D eigenvalue weighted by molar-refractivity contribution is 0.0679. The lowest BCUT2D eigenvalue weighted by atomic mass is 10.1. The second kappa shape index (κ2) is 9.23. The van der Waals surface area contributed by atoms with Gasteiger partial charge in [-0.25, -0.2) is 9.37 Å². The van der Waals surface area contributed by atoms with Crippen LogP contribution < -0.4 is 14.8 Å². The number of hydrogen-bond donors (Lipinski definition) is 1. The van der Waals surface area contributed by atoms with Crippen LogP contribution >= 0.6 is 11.3 Å². The molecule has 1 N–H and O–H groups in total. The summed E-state index contributed by atoms with van der Waals surface area (Å²) < 4.78 is 30.1. The molecule has 6 nitrogen and oxygen atoms in total. The molecule has 0 radical (unpaired) electrons. The molecule has 2 heterocycles. The normalized spacial score (nSPS) is 15.7. The van der Waals surface area contributed by atoms with E-state index in [0.717, 1.165) is 19.4 Å². The summed E-state index contributed by atoms with van der Waals surface area (Å²) in [5, 5.41) is 4.93. The third-order valence-corrected chi connectivity index (χ3v) is 5.50. The summed E-state index contributed by atoms with van der Waals surface area (Å²) in [7, 11) is 1.51. The van der Waals surface area contributed by atoms with Crippen molar-refractivity contribution in [1.82, 2.24) is 4.98 Å². The van der Waals surface area contributed by atoms with Crippen LogP contribution in [0, 0.1) is 5.82 Å². The fraction of sp³-hybridized carbons (Fsp3) is 0.273. The van der Waals surface area contributed by atoms with Gasteiger partial charge in [0.2, 0.25) is 0 Å². The molecule has 1 atom stereocenters. The van der Waals surface area contributed by atoms with E-state index >= 15 is 0 Å². The Morgan fingerprint density at radius 2 is 2.13 bits per heavy atom. The van der Waals surface area contributed by atoms with Crippen LogP contribution in [0.1, 0.15) is 23.2 Å². The number of hydrogen-bond acceptors (Lipinski definition) is 6. The second-order valence-corrected chi connectivity index (χ2v) is 7.67. The molecule has 1 aliphatic rings. The Hall–Kier alpha value is -2.97. The van der Waals surface area contributed by atoms with Crippen LogP contribution in [0.3, 0.4) is 0 Å². The number of amides is 1. The first-order valence-electron chi connectivity index (χ1n) is 9.57. The molecule has 1 aliphatic heterocycles. The minimum atomic E-state index is -0.383. The predicted octanol–water partition coefficient (Wildman–Crippen LogP) is 4.77. The molecule has 0 bridgehead atoms. The molecular formula is C22H21FN2O4S. The number of aromatic nitrogens is 1. The van der Waals surface area contributed by atoms with Crippen molar-refractivity contribution in [3.05, 3.63) is 59.2 Å². The van der Waals surface area contributed by atoms with Gasteiger partial charge in [-0.3, -0.25) is 10.1 Å². The van der Waals surface area contributed by atoms with Crippen molar-refractivity contribution in [2.75, 3.05) is 25.6 Å². The van der Waals surface area contributed by atoms with Gasteiger partial charge < -0.3 is 14.2 Å². The van der Waals surface area contributed by atoms with Gasteiger partial charge in [0.25, 0.3) is 5.91 Å². The maximum Gasteiger partial charge on any atom is 0.257 e. The Kier molecular flexibility index (Phi) is 6.25. The first-order chi connectivity index (χ1) is 14.6. The van der Waals surface area contributed by atoms with Crippen LogP contribution in [0.25, 0.3) is 11.3 Å². The second-order valence-electron chi connectivity index (χ2n) is 6.81. The maximum absolute atomic E-state index is 13.6. The van der Waals surface area contributed by atoms with Crippen LogP contribution in [0.15, 0.2) is 47.8 Å². The zero-order valence-corrected chi connectivity index (χ0v) is 17.2. The van der Waals surface area contributed by atoms with Gasteiger partial charge in [-0.05, 0) is 55.3 Å². The van der Waals surface area contributed by atoms with Gasteiger partial charge in [-0.2, -0.15) is 0 Å². The molecular weight excluding hydrogens is 407 g/mol. The summed E-state index contributed by atoms with van der Waals surface area (Å²) in [6.45, 7) is 1.30. The minimum Gasteiger partial charge on any atom is -0.496 e. The van der Waals surface area contributed by atoms with E-state index in [0.29, 0.717) is 40.1 Å². The van der Waals surface area contributed by atoms with Crippen LogP contribution in [0.5, 0.6) is 11.5 Å². The first kappa shape index (κ1) is 20.3. The summed E-state index contributed by atoms with van der Waals surface area (Å²) >= 11 is 1.26. The van der Waals surface area contributed by atoms with Crippen molar-refractivity contribution in [1.29, 1.82) is 0 Å². The van der Waals surface area contributed by atoms with Crippen LogP contribution in [-0.4, -0.2) is 37.3 Å². The third kappa shape index (κ3) is 4.77. The number of halogens is 1. The van der Waals surface area contributed by atoms with Gasteiger partial charge in [-0.15, -0.1) is 11.3 Å². The molecule has 0 saturated carbocycles. The lowest BCUT2D eigenvalue weighted by Crippen LogP contribution is -2.16. The number of carbonyl (C=O) groups is 1. The van der Waals surface area contributed by atoms with Crippen molar-refractivity contribution >= 4 is 22.4 Å². The first-order valence-corrected chi connectivity index (χ1v) is 10.5. The highest BCUT2D eigenvalue weighted by molar-refractivity contribution is 7.14. The standard InChI is InChI=1S/C22H21FN2O4S/c1-27-20-9-6-15(23)11-18(20)19-13-30-22(24-19)25-21(26)14-4-7-16(8-5-14)29-12-17-3-2-10-28-17/h4-9,11,13,17H,2-3,10,12H2,1H3,(H,24,25,26). The number of ether oxygens (including phenoxy) is 3. The van der Waals surface area contributed by atoms with Gasteiger partial charge in [0, 0.05) is 23.1 Å². The Morgan fingerprint density at radius 1 is 1.30 bits per heavy atom. The summed E-state index contributed by atoms with van der Waals surface area (Å²) in [5.74, 6) is 0.536. The molecule has 2 aromatic carbocycles. The molecule has 1 unspecified atom stereocenters. The summed E-state index contributed by atoms with van der Waals surface area (Å²) in [5.41, 5.74) is 1.55. The van der Waals surface area contributed by atoms with Gasteiger partial charge in [0.1, 0.15) is 23.9 Å². The van der Waals surface area contributed by atoms with Crippen LogP contribution in [0.4, 0.5) is 9.52 Å². The molecule has 30 heavy (non-hydrogen) atoms. The quantitative estimate of drug-likeness (QED) is 0.587. The van der Waals surface area contributed by atoms with E-state index < -0.39 is 0 Å². The number of benzene rings is 2. The summed E-state index contributed by atoms with van der Waals surface area (Å²) in [4.78, 5) is 16.9. The molecule has 3 aromatic rings. The zero-order valence-electron chi connectivity index (χ0n) is 16.4. The average molecular weight is 428 g/mol. The third-order valence-electron chi connectivity index (χ3n) is 4.74. The Bertz CT molecular complexity index is 1020. The van der Waals surface area contributed by atoms with E-state index in [-0.39, 0.29) is 17.8 Å². The SMILES string of the molecule is COc1ccc(F)cc1-c1csc(NC(=O)c2ccc(OCC3CCCO3)cc2)n1. The van der Waals surface area contributed by atoms with E-state index in [1.807, 2.05) is 0 Å². The highest BCUT2D eigenvalue weighted by Crippen LogP contribution is 2.33. The minimum absolute atomic E-state index is 0.142. The Morgan fingerprint density at radius 3 is 2.87 bits per heavy atom.